The van der Waals surface area contributed by atoms with Crippen LogP contribution in [0.15, 0.2) is 18.2 Å². The van der Waals surface area contributed by atoms with Gasteiger partial charge in [0.25, 0.3) is 5.91 Å². The quantitative estimate of drug-likeness (QED) is 0.795. The zero-order valence-corrected chi connectivity index (χ0v) is 13.7. The van der Waals surface area contributed by atoms with Crippen molar-refractivity contribution in [2.45, 2.75) is 25.2 Å². The summed E-state index contributed by atoms with van der Waals surface area (Å²) in [5.41, 5.74) is 0.940. The number of carbonyl (C=O) groups excluding carboxylic acids is 1. The van der Waals surface area contributed by atoms with Gasteiger partial charge < -0.3 is 19.8 Å². The summed E-state index contributed by atoms with van der Waals surface area (Å²) in [6.45, 7) is 4.42. The largest absolute Gasteiger partial charge is 0.389 e. The van der Waals surface area contributed by atoms with Crippen molar-refractivity contribution in [1.29, 1.82) is 0 Å². The number of halogens is 1. The fraction of sp³-hybridized carbons (Fsp3) is 0.588. The second kappa shape index (κ2) is 7.14. The maximum atomic E-state index is 13.3. The van der Waals surface area contributed by atoms with Crippen molar-refractivity contribution < 1.29 is 24.1 Å². The van der Waals surface area contributed by atoms with Crippen LogP contribution in [-0.4, -0.2) is 83.6 Å². The Balaban J connectivity index is 1.60. The van der Waals surface area contributed by atoms with Crippen molar-refractivity contribution in [3.63, 3.8) is 0 Å². The third-order valence-corrected chi connectivity index (χ3v) is 4.84. The third-order valence-electron chi connectivity index (χ3n) is 4.84. The van der Waals surface area contributed by atoms with Gasteiger partial charge in [0.2, 0.25) is 0 Å². The first-order valence-electron chi connectivity index (χ1n) is 8.20. The van der Waals surface area contributed by atoms with Crippen molar-refractivity contribution in [2.24, 2.45) is 0 Å². The molecule has 132 valence electrons. The second-order valence-corrected chi connectivity index (χ2v) is 6.45. The smallest absolute Gasteiger partial charge is 0.253 e. The molecule has 0 aliphatic carbocycles. The summed E-state index contributed by atoms with van der Waals surface area (Å²) in [5, 5.41) is 19.8. The van der Waals surface area contributed by atoms with E-state index < -0.39 is 12.2 Å². The Labute approximate surface area is 140 Å². The minimum absolute atomic E-state index is 0.113. The van der Waals surface area contributed by atoms with E-state index in [1.165, 1.54) is 12.1 Å². The molecular weight excluding hydrogens is 315 g/mol. The molecule has 6 nitrogen and oxygen atoms in total. The molecule has 0 saturated carbocycles. The van der Waals surface area contributed by atoms with Gasteiger partial charge in [-0.15, -0.1) is 0 Å². The van der Waals surface area contributed by atoms with E-state index in [9.17, 15) is 19.4 Å². The molecule has 1 aromatic carbocycles. The summed E-state index contributed by atoms with van der Waals surface area (Å²) in [6, 6.07) is 4.14. The van der Waals surface area contributed by atoms with E-state index in [0.29, 0.717) is 43.9 Å². The van der Waals surface area contributed by atoms with Gasteiger partial charge in [0.15, 0.2) is 0 Å². The average Bonchev–Trinajstić information content (AvgIpc) is 2.59. The molecule has 0 radical (unpaired) electrons. The molecule has 7 heteroatoms. The van der Waals surface area contributed by atoms with Gasteiger partial charge in [0.1, 0.15) is 11.9 Å². The number of aliphatic hydroxyl groups excluding tert-OH is 2. The molecule has 0 spiro atoms. The lowest BCUT2D eigenvalue weighted by molar-refractivity contribution is -0.136. The Morgan fingerprint density at radius 3 is 2.58 bits per heavy atom. The standard InChI is InChI=1S/C17H23FN2O4/c1-11-8-12(2-3-13(11)18)17(23)20-6-4-19(5-7-20)14-9-24-10-15(21)16(14)22/h2-3,8,14-16,21-22H,4-7,9-10H2,1H3/t14-,15-,16+/m1/s1. The molecule has 0 bridgehead atoms. The number of benzene rings is 1. The van der Waals surface area contributed by atoms with Gasteiger partial charge in [-0.05, 0) is 30.7 Å². The molecule has 2 aliphatic heterocycles. The van der Waals surface area contributed by atoms with E-state index in [0.717, 1.165) is 0 Å². The summed E-state index contributed by atoms with van der Waals surface area (Å²) in [7, 11) is 0. The minimum atomic E-state index is -0.870. The molecule has 1 amide bonds. The molecule has 0 aromatic heterocycles. The Kier molecular flexibility index (Phi) is 5.15. The van der Waals surface area contributed by atoms with Crippen molar-refractivity contribution in [3.8, 4) is 0 Å². The van der Waals surface area contributed by atoms with Crippen molar-refractivity contribution in [3.05, 3.63) is 35.1 Å². The summed E-state index contributed by atoms with van der Waals surface area (Å²) < 4.78 is 18.7. The molecule has 2 saturated heterocycles. The number of rotatable bonds is 2. The van der Waals surface area contributed by atoms with E-state index in [4.69, 9.17) is 4.74 Å². The minimum Gasteiger partial charge on any atom is -0.389 e. The van der Waals surface area contributed by atoms with Crippen LogP contribution in [0.4, 0.5) is 4.39 Å². The molecule has 3 rings (SSSR count). The second-order valence-electron chi connectivity index (χ2n) is 6.45. The monoisotopic (exact) mass is 338 g/mol. The predicted octanol–water partition coefficient (Wildman–Crippen LogP) is 0.0125. The van der Waals surface area contributed by atoms with E-state index in [1.54, 1.807) is 17.9 Å². The lowest BCUT2D eigenvalue weighted by atomic mass is 10.0. The number of hydrogen-bond donors (Lipinski definition) is 2. The highest BCUT2D eigenvalue weighted by molar-refractivity contribution is 5.94. The number of carbonyl (C=O) groups is 1. The maximum Gasteiger partial charge on any atom is 0.253 e. The molecule has 24 heavy (non-hydrogen) atoms. The lowest BCUT2D eigenvalue weighted by Crippen LogP contribution is -2.60. The van der Waals surface area contributed by atoms with E-state index >= 15 is 0 Å². The highest BCUT2D eigenvalue weighted by atomic mass is 19.1. The van der Waals surface area contributed by atoms with E-state index in [1.807, 2.05) is 4.90 Å². The zero-order valence-electron chi connectivity index (χ0n) is 13.7. The number of piperazine rings is 1. The van der Waals surface area contributed by atoms with Gasteiger partial charge in [-0.1, -0.05) is 0 Å². The zero-order chi connectivity index (χ0) is 17.3. The van der Waals surface area contributed by atoms with Gasteiger partial charge in [-0.25, -0.2) is 4.39 Å². The first-order valence-corrected chi connectivity index (χ1v) is 8.20. The molecule has 2 N–H and O–H groups in total. The van der Waals surface area contributed by atoms with Gasteiger partial charge in [0, 0.05) is 31.7 Å². The van der Waals surface area contributed by atoms with Crippen LogP contribution in [0.2, 0.25) is 0 Å². The van der Waals surface area contributed by atoms with Gasteiger partial charge >= 0.3 is 0 Å². The SMILES string of the molecule is Cc1cc(C(=O)N2CCN([C@@H]3COC[C@@H](O)[C@H]3O)CC2)ccc1F. The Morgan fingerprint density at radius 2 is 1.92 bits per heavy atom. The number of aryl methyl sites for hydroxylation is 1. The number of hydrogen-bond acceptors (Lipinski definition) is 5. The first-order chi connectivity index (χ1) is 11.5. The Morgan fingerprint density at radius 1 is 1.21 bits per heavy atom. The fourth-order valence-corrected chi connectivity index (χ4v) is 3.30. The van der Waals surface area contributed by atoms with Crippen LogP contribution in [-0.2, 0) is 4.74 Å². The normalized spacial score (nSPS) is 28.8. The maximum absolute atomic E-state index is 13.3. The average molecular weight is 338 g/mol. The van der Waals surface area contributed by atoms with Gasteiger partial charge in [-0.3, -0.25) is 9.69 Å². The Bertz CT molecular complexity index is 604. The molecule has 3 atom stereocenters. The number of nitrogens with zero attached hydrogens (tertiary/aromatic N) is 2. The number of ether oxygens (including phenoxy) is 1. The summed E-state index contributed by atoms with van der Waals surface area (Å²) in [4.78, 5) is 16.3. The molecular formula is C17H23FN2O4. The molecule has 2 aliphatic rings. The van der Waals surface area contributed by atoms with Crippen LogP contribution in [0.25, 0.3) is 0 Å². The fourth-order valence-electron chi connectivity index (χ4n) is 3.30. The number of aliphatic hydroxyl groups is 2. The first kappa shape index (κ1) is 17.3. The van der Waals surface area contributed by atoms with Crippen LogP contribution in [0.1, 0.15) is 15.9 Å². The van der Waals surface area contributed by atoms with Crippen molar-refractivity contribution in [1.82, 2.24) is 9.80 Å². The van der Waals surface area contributed by atoms with Gasteiger partial charge in [-0.2, -0.15) is 0 Å². The molecule has 0 unspecified atom stereocenters. The molecule has 2 fully saturated rings. The molecule has 2 heterocycles. The van der Waals surface area contributed by atoms with Crippen LogP contribution in [0, 0.1) is 12.7 Å². The summed E-state index contributed by atoms with van der Waals surface area (Å²) >= 11 is 0. The lowest BCUT2D eigenvalue weighted by Gasteiger charge is -2.43. The van der Waals surface area contributed by atoms with E-state index in [-0.39, 0.29) is 24.4 Å². The topological polar surface area (TPSA) is 73.2 Å². The van der Waals surface area contributed by atoms with Crippen LogP contribution >= 0.6 is 0 Å². The summed E-state index contributed by atoms with van der Waals surface area (Å²) in [6.07, 6.45) is -1.70. The predicted molar refractivity (Wildman–Crippen MR) is 85.2 cm³/mol. The molecule has 1 aromatic rings. The van der Waals surface area contributed by atoms with Crippen LogP contribution in [0.3, 0.4) is 0 Å². The highest BCUT2D eigenvalue weighted by Gasteiger charge is 2.37. The van der Waals surface area contributed by atoms with Crippen molar-refractivity contribution >= 4 is 5.91 Å². The van der Waals surface area contributed by atoms with Crippen LogP contribution in [0.5, 0.6) is 0 Å². The Hall–Kier alpha value is -1.54. The summed E-state index contributed by atoms with van der Waals surface area (Å²) in [5.74, 6) is -0.431. The third kappa shape index (κ3) is 3.44. The van der Waals surface area contributed by atoms with Gasteiger partial charge in [0.05, 0.1) is 25.4 Å². The van der Waals surface area contributed by atoms with E-state index in [2.05, 4.69) is 0 Å². The van der Waals surface area contributed by atoms with Crippen molar-refractivity contribution in [2.75, 3.05) is 39.4 Å². The number of amides is 1. The highest BCUT2D eigenvalue weighted by Crippen LogP contribution is 2.18. The van der Waals surface area contributed by atoms with Crippen LogP contribution < -0.4 is 0 Å².